The number of nitrogens with zero attached hydrogens (tertiary/aromatic N) is 3. The van der Waals surface area contributed by atoms with Crippen molar-refractivity contribution in [2.75, 3.05) is 6.54 Å². The lowest BCUT2D eigenvalue weighted by atomic mass is 10.1. The molecule has 4 nitrogen and oxygen atoms in total. The molecule has 84 valence electrons. The van der Waals surface area contributed by atoms with Gasteiger partial charge >= 0.3 is 0 Å². The Labute approximate surface area is 104 Å². The van der Waals surface area contributed by atoms with Crippen LogP contribution in [0.15, 0.2) is 35.7 Å². The molecule has 1 atom stereocenters. The predicted molar refractivity (Wildman–Crippen MR) is 63.3 cm³/mol. The van der Waals surface area contributed by atoms with Gasteiger partial charge in [0.25, 0.3) is 0 Å². The van der Waals surface area contributed by atoms with Crippen molar-refractivity contribution in [2.45, 2.75) is 6.04 Å². The van der Waals surface area contributed by atoms with Crippen molar-refractivity contribution in [1.29, 1.82) is 10.5 Å². The SMILES string of the molecule is N#CC(N)=C(C#N)N1CC1c1ccc(Cl)cc1. The third-order valence-electron chi connectivity index (χ3n) is 2.64. The van der Waals surface area contributed by atoms with E-state index < -0.39 is 0 Å². The predicted octanol–water partition coefficient (Wildman–Crippen LogP) is 1.91. The van der Waals surface area contributed by atoms with Gasteiger partial charge in [0.05, 0.1) is 6.04 Å². The van der Waals surface area contributed by atoms with Gasteiger partial charge in [-0.3, -0.25) is 0 Å². The Balaban J connectivity index is 2.19. The molecule has 17 heavy (non-hydrogen) atoms. The van der Waals surface area contributed by atoms with Crippen LogP contribution < -0.4 is 5.73 Å². The smallest absolute Gasteiger partial charge is 0.151 e. The summed E-state index contributed by atoms with van der Waals surface area (Å²) in [6.45, 7) is 0.701. The fourth-order valence-corrected chi connectivity index (χ4v) is 1.81. The Kier molecular flexibility index (Phi) is 2.91. The van der Waals surface area contributed by atoms with Gasteiger partial charge in [-0.15, -0.1) is 0 Å². The lowest BCUT2D eigenvalue weighted by molar-refractivity contribution is 0.652. The zero-order valence-corrected chi connectivity index (χ0v) is 9.65. The minimum Gasteiger partial charge on any atom is -0.388 e. The van der Waals surface area contributed by atoms with Crippen molar-refractivity contribution in [3.63, 3.8) is 0 Å². The van der Waals surface area contributed by atoms with Crippen LogP contribution in [0, 0.1) is 22.7 Å². The number of allylic oxidation sites excluding steroid dienone is 2. The molecular formula is C12H9ClN4. The molecule has 0 radical (unpaired) electrons. The maximum atomic E-state index is 8.95. The first kappa shape index (κ1) is 11.3. The van der Waals surface area contributed by atoms with Crippen LogP contribution in [-0.2, 0) is 0 Å². The average Bonchev–Trinajstić information content (AvgIpc) is 3.11. The van der Waals surface area contributed by atoms with E-state index in [1.807, 2.05) is 18.2 Å². The molecule has 2 rings (SSSR count). The number of halogens is 1. The topological polar surface area (TPSA) is 76.6 Å². The second kappa shape index (κ2) is 4.37. The van der Waals surface area contributed by atoms with Gasteiger partial charge in [-0.1, -0.05) is 23.7 Å². The number of nitrogens with two attached hydrogens (primary N) is 1. The maximum Gasteiger partial charge on any atom is 0.151 e. The molecule has 1 aromatic carbocycles. The van der Waals surface area contributed by atoms with E-state index in [2.05, 4.69) is 0 Å². The van der Waals surface area contributed by atoms with Crippen molar-refractivity contribution in [3.05, 3.63) is 46.2 Å². The van der Waals surface area contributed by atoms with Crippen molar-refractivity contribution >= 4 is 11.6 Å². The van der Waals surface area contributed by atoms with Crippen LogP contribution >= 0.6 is 11.6 Å². The second-order valence-electron chi connectivity index (χ2n) is 3.71. The van der Waals surface area contributed by atoms with Crippen LogP contribution in [0.5, 0.6) is 0 Å². The van der Waals surface area contributed by atoms with Crippen LogP contribution in [0.3, 0.4) is 0 Å². The molecule has 0 saturated carbocycles. The highest BCUT2D eigenvalue weighted by molar-refractivity contribution is 6.30. The Morgan fingerprint density at radius 1 is 1.29 bits per heavy atom. The first-order chi connectivity index (χ1) is 8.17. The van der Waals surface area contributed by atoms with E-state index >= 15 is 0 Å². The molecule has 1 heterocycles. The monoisotopic (exact) mass is 244 g/mol. The summed E-state index contributed by atoms with van der Waals surface area (Å²) >= 11 is 5.80. The summed E-state index contributed by atoms with van der Waals surface area (Å²) in [4.78, 5) is 1.79. The molecule has 1 aliphatic heterocycles. The summed E-state index contributed by atoms with van der Waals surface area (Å²) in [6, 6.07) is 11.3. The Hall–Kier alpha value is -2.17. The standard InChI is InChI=1S/C12H9ClN4/c13-9-3-1-8(2-4-9)12-7-17(12)11(6-15)10(16)5-14/h1-4,12H,7,16H2. The molecule has 1 unspecified atom stereocenters. The molecule has 0 bridgehead atoms. The second-order valence-corrected chi connectivity index (χ2v) is 4.14. The lowest BCUT2D eigenvalue weighted by Crippen LogP contribution is -2.06. The van der Waals surface area contributed by atoms with Crippen molar-refractivity contribution < 1.29 is 0 Å². The number of benzene rings is 1. The van der Waals surface area contributed by atoms with E-state index in [9.17, 15) is 0 Å². The maximum absolute atomic E-state index is 8.95. The number of hydrogen-bond acceptors (Lipinski definition) is 4. The number of rotatable bonds is 2. The highest BCUT2D eigenvalue weighted by Gasteiger charge is 2.38. The Morgan fingerprint density at radius 3 is 2.47 bits per heavy atom. The van der Waals surface area contributed by atoms with E-state index in [4.69, 9.17) is 27.9 Å². The summed E-state index contributed by atoms with van der Waals surface area (Å²) in [5.41, 5.74) is 6.73. The summed E-state index contributed by atoms with van der Waals surface area (Å²) in [6.07, 6.45) is 0. The van der Waals surface area contributed by atoms with E-state index in [0.29, 0.717) is 11.6 Å². The quantitative estimate of drug-likeness (QED) is 0.637. The van der Waals surface area contributed by atoms with Crippen LogP contribution in [0.2, 0.25) is 5.02 Å². The summed E-state index contributed by atoms with van der Waals surface area (Å²) in [7, 11) is 0. The highest BCUT2D eigenvalue weighted by atomic mass is 35.5. The van der Waals surface area contributed by atoms with Gasteiger partial charge in [0.15, 0.2) is 5.70 Å². The van der Waals surface area contributed by atoms with E-state index in [1.54, 1.807) is 23.1 Å². The molecule has 0 aromatic heterocycles. The molecule has 2 N–H and O–H groups in total. The third-order valence-corrected chi connectivity index (χ3v) is 2.89. The van der Waals surface area contributed by atoms with Gasteiger partial charge < -0.3 is 10.6 Å². The van der Waals surface area contributed by atoms with Crippen molar-refractivity contribution in [1.82, 2.24) is 4.90 Å². The summed E-state index contributed by atoms with van der Waals surface area (Å²) in [5, 5.41) is 18.3. The Morgan fingerprint density at radius 2 is 1.94 bits per heavy atom. The average molecular weight is 245 g/mol. The third kappa shape index (κ3) is 2.18. The fourth-order valence-electron chi connectivity index (χ4n) is 1.69. The lowest BCUT2D eigenvalue weighted by Gasteiger charge is -2.04. The minimum atomic E-state index is -0.0380. The molecular weight excluding hydrogens is 236 g/mol. The van der Waals surface area contributed by atoms with Crippen LogP contribution in [0.1, 0.15) is 11.6 Å². The molecule has 1 saturated heterocycles. The molecule has 0 aliphatic carbocycles. The van der Waals surface area contributed by atoms with E-state index in [1.165, 1.54) is 0 Å². The largest absolute Gasteiger partial charge is 0.388 e. The van der Waals surface area contributed by atoms with Gasteiger partial charge in [0.2, 0.25) is 0 Å². The number of hydrogen-bond donors (Lipinski definition) is 1. The molecule has 0 spiro atoms. The Bertz CT molecular complexity index is 547. The van der Waals surface area contributed by atoms with Crippen LogP contribution in [0.25, 0.3) is 0 Å². The fraction of sp³-hybridized carbons (Fsp3) is 0.167. The minimum absolute atomic E-state index is 0.0380. The first-order valence-corrected chi connectivity index (χ1v) is 5.37. The van der Waals surface area contributed by atoms with Gasteiger partial charge in [0.1, 0.15) is 17.8 Å². The van der Waals surface area contributed by atoms with Crippen molar-refractivity contribution in [2.24, 2.45) is 5.73 Å². The van der Waals surface area contributed by atoms with Crippen LogP contribution in [-0.4, -0.2) is 11.4 Å². The normalized spacial score (nSPS) is 19.0. The molecule has 5 heteroatoms. The number of nitriles is 2. The van der Waals surface area contributed by atoms with Crippen LogP contribution in [0.4, 0.5) is 0 Å². The van der Waals surface area contributed by atoms with Crippen molar-refractivity contribution in [3.8, 4) is 12.1 Å². The van der Waals surface area contributed by atoms with Gasteiger partial charge in [-0.2, -0.15) is 10.5 Å². The van der Waals surface area contributed by atoms with E-state index in [0.717, 1.165) is 5.56 Å². The molecule has 0 amide bonds. The summed E-state index contributed by atoms with van der Waals surface area (Å²) < 4.78 is 0. The molecule has 1 aliphatic rings. The highest BCUT2D eigenvalue weighted by Crippen LogP contribution is 2.39. The molecule has 1 fully saturated rings. The van der Waals surface area contributed by atoms with Gasteiger partial charge in [-0.25, -0.2) is 0 Å². The van der Waals surface area contributed by atoms with Gasteiger partial charge in [-0.05, 0) is 17.7 Å². The van der Waals surface area contributed by atoms with Gasteiger partial charge in [0, 0.05) is 11.6 Å². The molecule has 1 aromatic rings. The summed E-state index contributed by atoms with van der Waals surface area (Å²) in [5.74, 6) is 0. The van der Waals surface area contributed by atoms with E-state index in [-0.39, 0.29) is 17.4 Å². The zero-order valence-electron chi connectivity index (χ0n) is 8.89. The first-order valence-electron chi connectivity index (χ1n) is 4.99. The zero-order chi connectivity index (χ0) is 12.4.